The minimum Gasteiger partial charge on any atom is -0.322 e. The summed E-state index contributed by atoms with van der Waals surface area (Å²) >= 11 is 0. The van der Waals surface area contributed by atoms with Crippen molar-refractivity contribution in [3.8, 4) is 16.9 Å². The molecule has 1 N–H and O–H groups in total. The number of alkyl halides is 2. The van der Waals surface area contributed by atoms with E-state index >= 15 is 0 Å². The van der Waals surface area contributed by atoms with Crippen molar-refractivity contribution in [2.24, 2.45) is 0 Å². The molecule has 0 aliphatic rings. The van der Waals surface area contributed by atoms with E-state index < -0.39 is 5.92 Å². The Bertz CT molecular complexity index is 1150. The molecule has 0 aliphatic carbocycles. The summed E-state index contributed by atoms with van der Waals surface area (Å²) in [6, 6.07) is 14.8. The number of amides is 1. The maximum atomic E-state index is 13.9. The zero-order chi connectivity index (χ0) is 21.1. The van der Waals surface area contributed by atoms with Gasteiger partial charge in [0.25, 0.3) is 11.8 Å². The van der Waals surface area contributed by atoms with Gasteiger partial charge in [0.2, 0.25) is 0 Å². The topological polar surface area (TPSA) is 72.7 Å². The van der Waals surface area contributed by atoms with E-state index in [9.17, 15) is 13.6 Å². The van der Waals surface area contributed by atoms with Crippen molar-refractivity contribution in [3.63, 3.8) is 0 Å². The Hall–Kier alpha value is -3.94. The fourth-order valence-electron chi connectivity index (χ4n) is 2.90. The zero-order valence-electron chi connectivity index (χ0n) is 16.0. The molecule has 0 radical (unpaired) electrons. The monoisotopic (exact) mass is 405 g/mol. The molecule has 4 rings (SSSR count). The molecule has 150 valence electrons. The van der Waals surface area contributed by atoms with Crippen LogP contribution < -0.4 is 5.32 Å². The zero-order valence-corrected chi connectivity index (χ0v) is 16.0. The first kappa shape index (κ1) is 19.4. The largest absolute Gasteiger partial charge is 0.322 e. The summed E-state index contributed by atoms with van der Waals surface area (Å²) in [6.45, 7) is 0.805. The van der Waals surface area contributed by atoms with Gasteiger partial charge in [0.05, 0.1) is 11.4 Å². The first-order valence-electron chi connectivity index (χ1n) is 9.12. The molecule has 0 saturated carbocycles. The second kappa shape index (κ2) is 7.82. The second-order valence-electron chi connectivity index (χ2n) is 6.69. The molecule has 0 spiro atoms. The van der Waals surface area contributed by atoms with E-state index in [0.29, 0.717) is 28.2 Å². The Balaban J connectivity index is 1.67. The van der Waals surface area contributed by atoms with Gasteiger partial charge in [0.1, 0.15) is 5.69 Å². The summed E-state index contributed by atoms with van der Waals surface area (Å²) in [6.07, 6.45) is 6.35. The summed E-state index contributed by atoms with van der Waals surface area (Å²) in [5.74, 6) is -3.38. The van der Waals surface area contributed by atoms with E-state index in [1.54, 1.807) is 73.3 Å². The molecule has 1 aromatic carbocycles. The highest BCUT2D eigenvalue weighted by molar-refractivity contribution is 6.04. The molecule has 0 saturated heterocycles. The van der Waals surface area contributed by atoms with Gasteiger partial charge in [-0.15, -0.1) is 0 Å². The van der Waals surface area contributed by atoms with Crippen molar-refractivity contribution in [1.82, 2.24) is 19.7 Å². The van der Waals surface area contributed by atoms with Crippen LogP contribution in [0, 0.1) is 0 Å². The highest BCUT2D eigenvalue weighted by atomic mass is 19.3. The van der Waals surface area contributed by atoms with Crippen molar-refractivity contribution < 1.29 is 13.6 Å². The van der Waals surface area contributed by atoms with Crippen molar-refractivity contribution in [3.05, 3.63) is 90.6 Å². The number of nitrogens with zero attached hydrogens (tertiary/aromatic N) is 4. The SMILES string of the molecule is CC(F)(F)c1cc(-c2cccnc2)n(-c2ccc(C(=O)Nc3ccncc3)cc2)n1. The predicted molar refractivity (Wildman–Crippen MR) is 109 cm³/mol. The van der Waals surface area contributed by atoms with Crippen LogP contribution in [0.4, 0.5) is 14.5 Å². The molecule has 8 heteroatoms. The van der Waals surface area contributed by atoms with Gasteiger partial charge in [-0.1, -0.05) is 0 Å². The van der Waals surface area contributed by atoms with Gasteiger partial charge in [0.15, 0.2) is 0 Å². The fraction of sp³-hybridized carbons (Fsp3) is 0.0909. The van der Waals surface area contributed by atoms with E-state index in [-0.39, 0.29) is 11.6 Å². The van der Waals surface area contributed by atoms with Crippen LogP contribution in [0.3, 0.4) is 0 Å². The number of anilines is 1. The Labute approximate surface area is 171 Å². The second-order valence-corrected chi connectivity index (χ2v) is 6.69. The molecule has 6 nitrogen and oxygen atoms in total. The Kier molecular flexibility index (Phi) is 5.05. The van der Waals surface area contributed by atoms with Gasteiger partial charge < -0.3 is 5.32 Å². The first-order chi connectivity index (χ1) is 14.4. The highest BCUT2D eigenvalue weighted by Crippen LogP contribution is 2.31. The lowest BCUT2D eigenvalue weighted by Crippen LogP contribution is -2.12. The van der Waals surface area contributed by atoms with Gasteiger partial charge in [0, 0.05) is 48.5 Å². The number of hydrogen-bond acceptors (Lipinski definition) is 4. The molecule has 0 bridgehead atoms. The number of carbonyl (C=O) groups excluding carboxylic acids is 1. The van der Waals surface area contributed by atoms with E-state index in [1.807, 2.05) is 0 Å². The summed E-state index contributed by atoms with van der Waals surface area (Å²) in [7, 11) is 0. The Morgan fingerprint density at radius 3 is 2.37 bits per heavy atom. The summed E-state index contributed by atoms with van der Waals surface area (Å²) in [5.41, 5.74) is 2.38. The van der Waals surface area contributed by atoms with Gasteiger partial charge in [-0.2, -0.15) is 13.9 Å². The summed E-state index contributed by atoms with van der Waals surface area (Å²) in [5, 5.41) is 6.87. The first-order valence-corrected chi connectivity index (χ1v) is 9.12. The molecule has 0 fully saturated rings. The average Bonchev–Trinajstić information content (AvgIpc) is 3.21. The number of carbonyl (C=O) groups is 1. The maximum Gasteiger partial charge on any atom is 0.288 e. The van der Waals surface area contributed by atoms with Crippen LogP contribution in [0.5, 0.6) is 0 Å². The molecular weight excluding hydrogens is 388 g/mol. The van der Waals surface area contributed by atoms with E-state index in [1.165, 1.54) is 10.7 Å². The van der Waals surface area contributed by atoms with Crippen molar-refractivity contribution in [2.45, 2.75) is 12.8 Å². The number of halogens is 2. The number of nitrogens with one attached hydrogen (secondary N) is 1. The van der Waals surface area contributed by atoms with E-state index in [2.05, 4.69) is 20.4 Å². The molecule has 1 amide bonds. The van der Waals surface area contributed by atoms with Gasteiger partial charge in [-0.05, 0) is 54.6 Å². The van der Waals surface area contributed by atoms with Crippen LogP contribution in [0.1, 0.15) is 23.0 Å². The van der Waals surface area contributed by atoms with Gasteiger partial charge in [-0.25, -0.2) is 4.68 Å². The van der Waals surface area contributed by atoms with Crippen molar-refractivity contribution >= 4 is 11.6 Å². The van der Waals surface area contributed by atoms with Crippen molar-refractivity contribution in [2.75, 3.05) is 5.32 Å². The minimum absolute atomic E-state index is 0.290. The molecule has 3 heterocycles. The molecule has 0 aliphatic heterocycles. The lowest BCUT2D eigenvalue weighted by molar-refractivity contribution is 0.0124. The Morgan fingerprint density at radius 1 is 1.00 bits per heavy atom. The van der Waals surface area contributed by atoms with Crippen LogP contribution in [-0.2, 0) is 5.92 Å². The van der Waals surface area contributed by atoms with Crippen LogP contribution in [0.25, 0.3) is 16.9 Å². The van der Waals surface area contributed by atoms with Crippen LogP contribution in [0.2, 0.25) is 0 Å². The number of benzene rings is 1. The summed E-state index contributed by atoms with van der Waals surface area (Å²) < 4.78 is 29.2. The fourth-order valence-corrected chi connectivity index (χ4v) is 2.90. The van der Waals surface area contributed by atoms with Crippen LogP contribution in [-0.4, -0.2) is 25.7 Å². The standard InChI is InChI=1S/C22H17F2N5O/c1-22(23,24)20-13-19(16-3-2-10-26-14-16)29(28-20)18-6-4-15(5-7-18)21(30)27-17-8-11-25-12-9-17/h2-14H,1H3,(H,25,27,30). The highest BCUT2D eigenvalue weighted by Gasteiger charge is 2.29. The quantitative estimate of drug-likeness (QED) is 0.523. The molecular formula is C22H17F2N5O. The molecule has 30 heavy (non-hydrogen) atoms. The van der Waals surface area contributed by atoms with Crippen LogP contribution in [0.15, 0.2) is 79.4 Å². The van der Waals surface area contributed by atoms with Crippen LogP contribution >= 0.6 is 0 Å². The van der Waals surface area contributed by atoms with E-state index in [0.717, 1.165) is 6.92 Å². The number of hydrogen-bond donors (Lipinski definition) is 1. The molecule has 0 atom stereocenters. The van der Waals surface area contributed by atoms with Gasteiger partial charge in [-0.3, -0.25) is 14.8 Å². The molecule has 0 unspecified atom stereocenters. The third-order valence-electron chi connectivity index (χ3n) is 4.43. The molecule has 3 aromatic heterocycles. The normalized spacial score (nSPS) is 11.3. The number of pyridine rings is 2. The lowest BCUT2D eigenvalue weighted by atomic mass is 10.1. The number of rotatable bonds is 5. The molecule has 4 aromatic rings. The predicted octanol–water partition coefficient (Wildman–Crippen LogP) is 4.69. The summed E-state index contributed by atoms with van der Waals surface area (Å²) in [4.78, 5) is 20.4. The Morgan fingerprint density at radius 2 is 1.73 bits per heavy atom. The maximum absolute atomic E-state index is 13.9. The van der Waals surface area contributed by atoms with Gasteiger partial charge >= 0.3 is 0 Å². The third kappa shape index (κ3) is 4.07. The van der Waals surface area contributed by atoms with Crippen molar-refractivity contribution in [1.29, 1.82) is 0 Å². The minimum atomic E-state index is -3.09. The lowest BCUT2D eigenvalue weighted by Gasteiger charge is -2.09. The smallest absolute Gasteiger partial charge is 0.288 e. The third-order valence-corrected chi connectivity index (χ3v) is 4.43. The average molecular weight is 405 g/mol. The van der Waals surface area contributed by atoms with E-state index in [4.69, 9.17) is 0 Å². The number of aromatic nitrogens is 4.